The molecule has 1 fully saturated rings. The minimum Gasteiger partial charge on any atom is -0.321 e. The number of nitrogens with zero attached hydrogens (tertiary/aromatic N) is 2. The van der Waals surface area contributed by atoms with Crippen LogP contribution < -0.4 is 5.32 Å². The van der Waals surface area contributed by atoms with Gasteiger partial charge in [-0.2, -0.15) is 4.31 Å². The van der Waals surface area contributed by atoms with Crippen molar-refractivity contribution in [2.45, 2.75) is 24.2 Å². The predicted molar refractivity (Wildman–Crippen MR) is 96.3 cm³/mol. The maximum Gasteiger partial charge on any atom is 0.257 e. The van der Waals surface area contributed by atoms with Gasteiger partial charge in [0.1, 0.15) is 0 Å². The largest absolute Gasteiger partial charge is 0.321 e. The van der Waals surface area contributed by atoms with E-state index < -0.39 is 15.9 Å². The lowest BCUT2D eigenvalue weighted by Crippen LogP contribution is -2.35. The number of benzene rings is 1. The molecule has 2 heterocycles. The first-order chi connectivity index (χ1) is 12.0. The summed E-state index contributed by atoms with van der Waals surface area (Å²) in [6.45, 7) is 1.00. The van der Waals surface area contributed by atoms with Crippen LogP contribution in [0.5, 0.6) is 0 Å². The molecule has 2 aromatic rings. The first kappa shape index (κ1) is 17.8. The molecule has 0 atom stereocenters. The van der Waals surface area contributed by atoms with E-state index in [9.17, 15) is 13.2 Å². The number of aromatic nitrogens is 1. The van der Waals surface area contributed by atoms with Crippen molar-refractivity contribution >= 4 is 33.2 Å². The zero-order valence-electron chi connectivity index (χ0n) is 13.5. The van der Waals surface area contributed by atoms with Crippen molar-refractivity contribution in [2.75, 3.05) is 18.4 Å². The number of piperidine rings is 1. The highest BCUT2D eigenvalue weighted by Gasteiger charge is 2.27. The van der Waals surface area contributed by atoms with Crippen molar-refractivity contribution in [2.24, 2.45) is 0 Å². The number of nitrogens with one attached hydrogen (secondary N) is 1. The van der Waals surface area contributed by atoms with E-state index >= 15 is 0 Å². The fraction of sp³-hybridized carbons (Fsp3) is 0.294. The van der Waals surface area contributed by atoms with Gasteiger partial charge in [0.05, 0.1) is 27.4 Å². The second-order valence-electron chi connectivity index (χ2n) is 5.80. The van der Waals surface area contributed by atoms with Gasteiger partial charge < -0.3 is 5.32 Å². The van der Waals surface area contributed by atoms with E-state index in [0.717, 1.165) is 19.3 Å². The molecule has 6 nitrogen and oxygen atoms in total. The van der Waals surface area contributed by atoms with E-state index in [2.05, 4.69) is 10.3 Å². The highest BCUT2D eigenvalue weighted by molar-refractivity contribution is 7.89. The number of rotatable bonds is 4. The van der Waals surface area contributed by atoms with Crippen LogP contribution in [0.4, 0.5) is 5.69 Å². The standard InChI is InChI=1S/C17H18ClN3O3S/c18-16-7-6-14(25(23,24)21-9-2-1-3-10-21)11-15(16)17(22)20-13-5-4-8-19-12-13/h4-8,11-12H,1-3,9-10H2,(H,20,22). The zero-order valence-corrected chi connectivity index (χ0v) is 15.1. The van der Waals surface area contributed by atoms with E-state index in [1.807, 2.05) is 0 Å². The van der Waals surface area contributed by atoms with Crippen LogP contribution in [0.3, 0.4) is 0 Å². The maximum atomic E-state index is 12.8. The van der Waals surface area contributed by atoms with E-state index in [-0.39, 0.29) is 15.5 Å². The fourth-order valence-corrected chi connectivity index (χ4v) is 4.48. The number of anilines is 1. The Kier molecular flexibility index (Phi) is 5.36. The molecule has 132 valence electrons. The lowest BCUT2D eigenvalue weighted by Gasteiger charge is -2.26. The lowest BCUT2D eigenvalue weighted by atomic mass is 10.2. The molecule has 1 aromatic carbocycles. The number of hydrogen-bond acceptors (Lipinski definition) is 4. The average Bonchev–Trinajstić information content (AvgIpc) is 2.63. The molecule has 0 bridgehead atoms. The van der Waals surface area contributed by atoms with Crippen LogP contribution in [0.2, 0.25) is 5.02 Å². The summed E-state index contributed by atoms with van der Waals surface area (Å²) in [6.07, 6.45) is 5.82. The van der Waals surface area contributed by atoms with Gasteiger partial charge in [-0.15, -0.1) is 0 Å². The van der Waals surface area contributed by atoms with Crippen LogP contribution >= 0.6 is 11.6 Å². The third-order valence-electron chi connectivity index (χ3n) is 4.05. The summed E-state index contributed by atoms with van der Waals surface area (Å²) in [7, 11) is -3.63. The molecule has 25 heavy (non-hydrogen) atoms. The lowest BCUT2D eigenvalue weighted by molar-refractivity contribution is 0.102. The Balaban J connectivity index is 1.88. The van der Waals surface area contributed by atoms with Gasteiger partial charge in [-0.25, -0.2) is 8.42 Å². The topological polar surface area (TPSA) is 79.4 Å². The van der Waals surface area contributed by atoms with Crippen molar-refractivity contribution in [1.29, 1.82) is 0 Å². The van der Waals surface area contributed by atoms with Gasteiger partial charge in [-0.05, 0) is 43.2 Å². The Labute approximate surface area is 151 Å². The molecule has 1 aliphatic rings. The monoisotopic (exact) mass is 379 g/mol. The van der Waals surface area contributed by atoms with Crippen LogP contribution in [0.25, 0.3) is 0 Å². The second kappa shape index (κ2) is 7.51. The number of hydrogen-bond donors (Lipinski definition) is 1. The number of amides is 1. The highest BCUT2D eigenvalue weighted by atomic mass is 35.5. The van der Waals surface area contributed by atoms with Crippen LogP contribution in [0.15, 0.2) is 47.6 Å². The molecule has 0 aliphatic carbocycles. The summed E-state index contributed by atoms with van der Waals surface area (Å²) in [6, 6.07) is 7.59. The van der Waals surface area contributed by atoms with Gasteiger partial charge in [0.25, 0.3) is 5.91 Å². The predicted octanol–water partition coefficient (Wildman–Crippen LogP) is 3.16. The summed E-state index contributed by atoms with van der Waals surface area (Å²) in [5.41, 5.74) is 0.622. The smallest absolute Gasteiger partial charge is 0.257 e. The molecule has 1 amide bonds. The molecule has 8 heteroatoms. The highest BCUT2D eigenvalue weighted by Crippen LogP contribution is 2.25. The first-order valence-corrected chi connectivity index (χ1v) is 9.81. The molecule has 0 unspecified atom stereocenters. The summed E-state index contributed by atoms with van der Waals surface area (Å²) < 4.78 is 27.0. The van der Waals surface area contributed by atoms with Crippen LogP contribution in [-0.4, -0.2) is 36.7 Å². The third-order valence-corrected chi connectivity index (χ3v) is 6.28. The van der Waals surface area contributed by atoms with E-state index in [1.54, 1.807) is 18.3 Å². The van der Waals surface area contributed by atoms with Gasteiger partial charge in [-0.3, -0.25) is 9.78 Å². The molecule has 1 saturated heterocycles. The van der Waals surface area contributed by atoms with Gasteiger partial charge in [0.2, 0.25) is 10.0 Å². The molecule has 1 aliphatic heterocycles. The van der Waals surface area contributed by atoms with Crippen LogP contribution in [0.1, 0.15) is 29.6 Å². The fourth-order valence-electron chi connectivity index (χ4n) is 2.73. The Morgan fingerprint density at radius 1 is 1.16 bits per heavy atom. The molecule has 0 radical (unpaired) electrons. The Morgan fingerprint density at radius 2 is 1.92 bits per heavy atom. The molecule has 0 spiro atoms. The summed E-state index contributed by atoms with van der Waals surface area (Å²) >= 11 is 6.11. The second-order valence-corrected chi connectivity index (χ2v) is 8.15. The Hall–Kier alpha value is -1.96. The minimum absolute atomic E-state index is 0.0788. The molecular weight excluding hydrogens is 362 g/mol. The Morgan fingerprint density at radius 3 is 2.60 bits per heavy atom. The Bertz CT molecular complexity index is 866. The number of carbonyl (C=O) groups excluding carboxylic acids is 1. The van der Waals surface area contributed by atoms with Crippen LogP contribution in [0, 0.1) is 0 Å². The van der Waals surface area contributed by atoms with Crippen molar-refractivity contribution in [1.82, 2.24) is 9.29 Å². The molecule has 1 aromatic heterocycles. The van der Waals surface area contributed by atoms with Crippen molar-refractivity contribution in [3.05, 3.63) is 53.3 Å². The molecule has 1 N–H and O–H groups in total. The maximum absolute atomic E-state index is 12.8. The van der Waals surface area contributed by atoms with Crippen molar-refractivity contribution < 1.29 is 13.2 Å². The van der Waals surface area contributed by atoms with Gasteiger partial charge >= 0.3 is 0 Å². The van der Waals surface area contributed by atoms with Crippen molar-refractivity contribution in [3.8, 4) is 0 Å². The normalized spacial score (nSPS) is 15.7. The zero-order chi connectivity index (χ0) is 17.9. The first-order valence-electron chi connectivity index (χ1n) is 7.99. The summed E-state index contributed by atoms with van der Waals surface area (Å²) in [5.74, 6) is -0.478. The third kappa shape index (κ3) is 4.00. The van der Waals surface area contributed by atoms with Gasteiger partial charge in [0, 0.05) is 19.3 Å². The quantitative estimate of drug-likeness (QED) is 0.884. The SMILES string of the molecule is O=C(Nc1cccnc1)c1cc(S(=O)(=O)N2CCCCC2)ccc1Cl. The average molecular weight is 380 g/mol. The molecule has 0 saturated carbocycles. The van der Waals surface area contributed by atoms with E-state index in [0.29, 0.717) is 18.8 Å². The summed E-state index contributed by atoms with van der Waals surface area (Å²) in [4.78, 5) is 16.5. The van der Waals surface area contributed by atoms with Gasteiger partial charge in [0.15, 0.2) is 0 Å². The number of sulfonamides is 1. The number of carbonyl (C=O) groups is 1. The molecular formula is C17H18ClN3O3S. The minimum atomic E-state index is -3.63. The van der Waals surface area contributed by atoms with E-state index in [1.165, 1.54) is 28.7 Å². The van der Waals surface area contributed by atoms with E-state index in [4.69, 9.17) is 11.6 Å². The number of halogens is 1. The van der Waals surface area contributed by atoms with Crippen LogP contribution in [-0.2, 0) is 10.0 Å². The summed E-state index contributed by atoms with van der Waals surface area (Å²) in [5, 5.41) is 2.86. The van der Waals surface area contributed by atoms with Crippen molar-refractivity contribution in [3.63, 3.8) is 0 Å². The van der Waals surface area contributed by atoms with Gasteiger partial charge in [-0.1, -0.05) is 18.0 Å². The number of pyridine rings is 1. The molecule has 3 rings (SSSR count).